The van der Waals surface area contributed by atoms with Gasteiger partial charge in [-0.1, -0.05) is 12.1 Å². The van der Waals surface area contributed by atoms with Crippen molar-refractivity contribution in [2.24, 2.45) is 0 Å². The highest BCUT2D eigenvalue weighted by atomic mass is 16.8. The van der Waals surface area contributed by atoms with E-state index < -0.39 is 61.5 Å². The molecular formula is C38H36O13. The lowest BCUT2D eigenvalue weighted by Gasteiger charge is -2.41. The maximum Gasteiger partial charge on any atom is 0.338 e. The van der Waals surface area contributed by atoms with Crippen molar-refractivity contribution in [3.05, 3.63) is 119 Å². The first kappa shape index (κ1) is 35.2. The Balaban J connectivity index is 1.32. The van der Waals surface area contributed by atoms with Crippen LogP contribution < -0.4 is 18.9 Å². The molecule has 0 spiro atoms. The fourth-order valence-electron chi connectivity index (χ4n) is 5.56. The molecule has 4 aromatic carbocycles. The number of ether oxygens (including phenoxy) is 10. The quantitative estimate of drug-likeness (QED) is 0.142. The van der Waals surface area contributed by atoms with Crippen LogP contribution in [0, 0.1) is 0 Å². The van der Waals surface area contributed by atoms with Crippen LogP contribution in [0.4, 0.5) is 0 Å². The third kappa shape index (κ3) is 8.07. The van der Waals surface area contributed by atoms with E-state index in [1.165, 1.54) is 45.6 Å². The standard InChI is InChI=1S/C38H36O13/c1-42-26-13-5-22(6-14-26)34(39)46-21-30-31(48-35(40)23-7-15-27(43-2)16-8-23)32(49-36(41)24-9-17-28(44-3)18-10-24)33-38(47-30)51-37(50-33)25-11-19-29(45-4)20-12-25/h5-20,30-33,37-38H,21H2,1-4H3/t30-,31-,32+,33-,37?,38-/m1/s1. The van der Waals surface area contributed by atoms with Gasteiger partial charge in [0.05, 0.1) is 45.1 Å². The lowest BCUT2D eigenvalue weighted by molar-refractivity contribution is -0.252. The molecule has 4 aromatic rings. The summed E-state index contributed by atoms with van der Waals surface area (Å²) in [6.45, 7) is -0.401. The number of carbonyl (C=O) groups is 3. The molecule has 2 aliphatic rings. The van der Waals surface area contributed by atoms with E-state index in [1.807, 2.05) is 0 Å². The van der Waals surface area contributed by atoms with E-state index in [0.29, 0.717) is 28.6 Å². The van der Waals surface area contributed by atoms with Crippen LogP contribution in [-0.2, 0) is 28.4 Å². The molecular weight excluding hydrogens is 664 g/mol. The highest BCUT2D eigenvalue weighted by molar-refractivity contribution is 5.91. The normalized spacial score (nSPS) is 22.2. The molecule has 1 unspecified atom stereocenters. The van der Waals surface area contributed by atoms with Crippen molar-refractivity contribution >= 4 is 17.9 Å². The molecule has 2 aliphatic heterocycles. The minimum absolute atomic E-state index is 0.187. The van der Waals surface area contributed by atoms with Gasteiger partial charge in [0.2, 0.25) is 0 Å². The van der Waals surface area contributed by atoms with Crippen LogP contribution in [0.1, 0.15) is 42.9 Å². The molecule has 2 saturated heterocycles. The second kappa shape index (κ2) is 15.9. The minimum Gasteiger partial charge on any atom is -0.497 e. The van der Waals surface area contributed by atoms with E-state index in [9.17, 15) is 14.4 Å². The Morgan fingerprint density at radius 3 is 1.37 bits per heavy atom. The number of rotatable bonds is 12. The highest BCUT2D eigenvalue weighted by Crippen LogP contribution is 2.41. The first-order valence-corrected chi connectivity index (χ1v) is 15.9. The number of hydrogen-bond acceptors (Lipinski definition) is 13. The van der Waals surface area contributed by atoms with Crippen molar-refractivity contribution < 1.29 is 61.8 Å². The van der Waals surface area contributed by atoms with Crippen LogP contribution in [0.15, 0.2) is 97.1 Å². The summed E-state index contributed by atoms with van der Waals surface area (Å²) in [7, 11) is 6.08. The summed E-state index contributed by atoms with van der Waals surface area (Å²) in [5.41, 5.74) is 1.26. The molecule has 2 fully saturated rings. The molecule has 0 saturated carbocycles. The highest BCUT2D eigenvalue weighted by Gasteiger charge is 2.56. The first-order valence-electron chi connectivity index (χ1n) is 15.9. The molecule has 6 atom stereocenters. The Hall–Kier alpha value is -5.63. The smallest absolute Gasteiger partial charge is 0.338 e. The molecule has 0 amide bonds. The summed E-state index contributed by atoms with van der Waals surface area (Å²) < 4.78 is 57.4. The van der Waals surface area contributed by atoms with E-state index in [4.69, 9.17) is 47.4 Å². The molecule has 0 bridgehead atoms. The number of esters is 3. The second-order valence-corrected chi connectivity index (χ2v) is 11.4. The van der Waals surface area contributed by atoms with Gasteiger partial charge in [-0.2, -0.15) is 0 Å². The van der Waals surface area contributed by atoms with Crippen molar-refractivity contribution in [3.63, 3.8) is 0 Å². The van der Waals surface area contributed by atoms with Gasteiger partial charge >= 0.3 is 17.9 Å². The minimum atomic E-state index is -1.33. The predicted molar refractivity (Wildman–Crippen MR) is 178 cm³/mol. The topological polar surface area (TPSA) is 144 Å². The van der Waals surface area contributed by atoms with Crippen molar-refractivity contribution in [3.8, 4) is 23.0 Å². The largest absolute Gasteiger partial charge is 0.497 e. The van der Waals surface area contributed by atoms with E-state index in [0.717, 1.165) is 0 Å². The van der Waals surface area contributed by atoms with Gasteiger partial charge in [-0.15, -0.1) is 0 Å². The summed E-state index contributed by atoms with van der Waals surface area (Å²) in [5, 5.41) is 0. The first-order chi connectivity index (χ1) is 24.8. The van der Waals surface area contributed by atoms with Crippen molar-refractivity contribution in [2.75, 3.05) is 35.0 Å². The lowest BCUT2D eigenvalue weighted by Crippen LogP contribution is -2.60. The van der Waals surface area contributed by atoms with Crippen molar-refractivity contribution in [1.82, 2.24) is 0 Å². The molecule has 51 heavy (non-hydrogen) atoms. The van der Waals surface area contributed by atoms with Gasteiger partial charge in [0.25, 0.3) is 0 Å². The van der Waals surface area contributed by atoms with Crippen LogP contribution in [0.3, 0.4) is 0 Å². The molecule has 266 valence electrons. The fraction of sp³-hybridized carbons (Fsp3) is 0.289. The third-order valence-electron chi connectivity index (χ3n) is 8.36. The second-order valence-electron chi connectivity index (χ2n) is 11.4. The zero-order chi connectivity index (χ0) is 35.9. The summed E-state index contributed by atoms with van der Waals surface area (Å²) in [4.78, 5) is 40.4. The van der Waals surface area contributed by atoms with Gasteiger partial charge in [-0.05, 0) is 84.9 Å². The van der Waals surface area contributed by atoms with E-state index in [2.05, 4.69) is 0 Å². The molecule has 2 heterocycles. The lowest BCUT2D eigenvalue weighted by atomic mass is 9.98. The van der Waals surface area contributed by atoms with E-state index >= 15 is 0 Å². The number of carbonyl (C=O) groups excluding carboxylic acids is 3. The van der Waals surface area contributed by atoms with Gasteiger partial charge in [0.15, 0.2) is 30.9 Å². The third-order valence-corrected chi connectivity index (χ3v) is 8.36. The average molecular weight is 701 g/mol. The van der Waals surface area contributed by atoms with Crippen LogP contribution in [-0.4, -0.2) is 83.7 Å². The Morgan fingerprint density at radius 2 is 0.922 bits per heavy atom. The molecule has 13 heteroatoms. The van der Waals surface area contributed by atoms with Gasteiger partial charge in [-0.25, -0.2) is 14.4 Å². The van der Waals surface area contributed by atoms with Crippen molar-refractivity contribution in [2.45, 2.75) is 37.0 Å². The van der Waals surface area contributed by atoms with Gasteiger partial charge < -0.3 is 47.4 Å². The fourth-order valence-corrected chi connectivity index (χ4v) is 5.56. The predicted octanol–water partition coefficient (Wildman–Crippen LogP) is 5.17. The average Bonchev–Trinajstić information content (AvgIpc) is 3.62. The number of fused-ring (bicyclic) bond motifs is 1. The van der Waals surface area contributed by atoms with E-state index in [-0.39, 0.29) is 16.7 Å². The van der Waals surface area contributed by atoms with Crippen molar-refractivity contribution in [1.29, 1.82) is 0 Å². The van der Waals surface area contributed by atoms with Crippen LogP contribution >= 0.6 is 0 Å². The van der Waals surface area contributed by atoms with Gasteiger partial charge in [0, 0.05) is 5.56 Å². The van der Waals surface area contributed by atoms with Gasteiger partial charge in [0.1, 0.15) is 35.7 Å². The monoisotopic (exact) mass is 700 g/mol. The summed E-state index contributed by atoms with van der Waals surface area (Å²) in [6.07, 6.45) is -6.92. The van der Waals surface area contributed by atoms with Crippen LogP contribution in [0.25, 0.3) is 0 Å². The number of benzene rings is 4. The van der Waals surface area contributed by atoms with E-state index in [1.54, 1.807) is 79.9 Å². The van der Waals surface area contributed by atoms with Gasteiger partial charge in [-0.3, -0.25) is 0 Å². The SMILES string of the molecule is COc1ccc(C(=O)OC[C@H]2O[C@@H]3OC(c4ccc(OC)cc4)O[C@@H]3[C@@H](OC(=O)c3ccc(OC)cc3)[C@@H]2OC(=O)c2ccc(OC)cc2)cc1. The Morgan fingerprint density at radius 1 is 0.510 bits per heavy atom. The molecule has 13 nitrogen and oxygen atoms in total. The summed E-state index contributed by atoms with van der Waals surface area (Å²) in [5.74, 6) is 0.0938. The summed E-state index contributed by atoms with van der Waals surface area (Å²) in [6, 6.07) is 25.9. The number of hydrogen-bond donors (Lipinski definition) is 0. The molecule has 6 rings (SSSR count). The molecule has 0 aliphatic carbocycles. The van der Waals surface area contributed by atoms with Crippen LogP contribution in [0.2, 0.25) is 0 Å². The number of methoxy groups -OCH3 is 4. The molecule has 0 N–H and O–H groups in total. The Labute approximate surface area is 293 Å². The molecule has 0 aromatic heterocycles. The zero-order valence-corrected chi connectivity index (χ0v) is 28.2. The Bertz CT molecular complexity index is 1790. The summed E-state index contributed by atoms with van der Waals surface area (Å²) >= 11 is 0. The van der Waals surface area contributed by atoms with Crippen LogP contribution in [0.5, 0.6) is 23.0 Å². The molecule has 0 radical (unpaired) electrons. The Kier molecular flexibility index (Phi) is 11.0. The maximum atomic E-state index is 13.6. The zero-order valence-electron chi connectivity index (χ0n) is 28.2. The maximum absolute atomic E-state index is 13.6.